The lowest BCUT2D eigenvalue weighted by atomic mass is 9.93. The van der Waals surface area contributed by atoms with Gasteiger partial charge in [-0.2, -0.15) is 0 Å². The van der Waals surface area contributed by atoms with Gasteiger partial charge in [-0.15, -0.1) is 0 Å². The normalized spacial score (nSPS) is 21.1. The molecule has 2 heterocycles. The number of nitrogens with one attached hydrogen (secondary N) is 2. The maximum atomic E-state index is 5.81. The number of likely N-dealkylation sites (tertiary alicyclic amines) is 1. The summed E-state index contributed by atoms with van der Waals surface area (Å²) in [4.78, 5) is 6.87. The number of guanidine groups is 1. The lowest BCUT2D eigenvalue weighted by molar-refractivity contribution is 0.0203. The van der Waals surface area contributed by atoms with Gasteiger partial charge in [-0.05, 0) is 70.0 Å². The van der Waals surface area contributed by atoms with Crippen LogP contribution >= 0.6 is 0 Å². The summed E-state index contributed by atoms with van der Waals surface area (Å²) in [6.45, 7) is 11.4. The molecule has 0 aromatic heterocycles. The van der Waals surface area contributed by atoms with Gasteiger partial charge < -0.3 is 25.0 Å². The molecule has 6 heteroatoms. The first-order chi connectivity index (χ1) is 12.8. The van der Waals surface area contributed by atoms with Crippen LogP contribution in [0.4, 0.5) is 0 Å². The third-order valence-corrected chi connectivity index (χ3v) is 5.68. The van der Waals surface area contributed by atoms with E-state index in [2.05, 4.69) is 27.4 Å². The Balaban J connectivity index is 1.44. The van der Waals surface area contributed by atoms with Gasteiger partial charge in [0.1, 0.15) is 0 Å². The summed E-state index contributed by atoms with van der Waals surface area (Å²) in [7, 11) is 1.84. The minimum Gasteiger partial charge on any atom is -0.381 e. The van der Waals surface area contributed by atoms with Crippen LogP contribution in [0, 0.1) is 11.8 Å². The van der Waals surface area contributed by atoms with E-state index < -0.39 is 0 Å². The van der Waals surface area contributed by atoms with E-state index in [4.69, 9.17) is 9.47 Å². The Kier molecular flexibility index (Phi) is 11.0. The van der Waals surface area contributed by atoms with E-state index in [1.807, 2.05) is 7.05 Å². The monoisotopic (exact) mass is 368 g/mol. The molecule has 6 nitrogen and oxygen atoms in total. The van der Waals surface area contributed by atoms with Crippen LogP contribution in [0.25, 0.3) is 0 Å². The summed E-state index contributed by atoms with van der Waals surface area (Å²) in [5, 5.41) is 6.85. The molecule has 0 radical (unpaired) electrons. The van der Waals surface area contributed by atoms with Gasteiger partial charge in [0.25, 0.3) is 0 Å². The molecule has 0 unspecified atom stereocenters. The molecule has 0 amide bonds. The minimum absolute atomic E-state index is 0.690. The molecule has 0 atom stereocenters. The van der Waals surface area contributed by atoms with Gasteiger partial charge in [-0.25, -0.2) is 0 Å². The summed E-state index contributed by atoms with van der Waals surface area (Å²) in [6, 6.07) is 0. The van der Waals surface area contributed by atoms with Crippen molar-refractivity contribution >= 4 is 5.96 Å². The van der Waals surface area contributed by atoms with Crippen molar-refractivity contribution in [2.75, 3.05) is 66.2 Å². The molecule has 0 bridgehead atoms. The molecule has 2 N–H and O–H groups in total. The van der Waals surface area contributed by atoms with Crippen molar-refractivity contribution in [3.8, 4) is 0 Å². The van der Waals surface area contributed by atoms with Crippen molar-refractivity contribution in [1.82, 2.24) is 15.5 Å². The standard InChI is InChI=1S/C20H40N4O2/c1-3-24-12-6-18(7-13-24)5-11-23-20(21-2)22-10-4-14-26-17-19-8-15-25-16-9-19/h18-19H,3-17H2,1-2H3,(H2,21,22,23). The van der Waals surface area contributed by atoms with E-state index >= 15 is 0 Å². The first-order valence-electron chi connectivity index (χ1n) is 10.6. The van der Waals surface area contributed by atoms with Gasteiger partial charge >= 0.3 is 0 Å². The van der Waals surface area contributed by atoms with E-state index in [-0.39, 0.29) is 0 Å². The topological polar surface area (TPSA) is 58.1 Å². The smallest absolute Gasteiger partial charge is 0.190 e. The van der Waals surface area contributed by atoms with Crippen molar-refractivity contribution in [3.05, 3.63) is 0 Å². The molecular weight excluding hydrogens is 328 g/mol. The van der Waals surface area contributed by atoms with Crippen molar-refractivity contribution in [2.45, 2.75) is 45.4 Å². The summed E-state index contributed by atoms with van der Waals surface area (Å²) < 4.78 is 11.2. The molecule has 2 aliphatic heterocycles. The molecular formula is C20H40N4O2. The first kappa shape index (κ1) is 21.5. The van der Waals surface area contributed by atoms with Gasteiger partial charge in [-0.1, -0.05) is 6.92 Å². The predicted octanol–water partition coefficient (Wildman–Crippen LogP) is 2.11. The molecule has 152 valence electrons. The van der Waals surface area contributed by atoms with Crippen LogP contribution in [0.3, 0.4) is 0 Å². The highest BCUT2D eigenvalue weighted by Crippen LogP contribution is 2.19. The van der Waals surface area contributed by atoms with E-state index in [1.165, 1.54) is 38.9 Å². The van der Waals surface area contributed by atoms with Crippen LogP contribution in [0.15, 0.2) is 4.99 Å². The van der Waals surface area contributed by atoms with Crippen LogP contribution in [-0.2, 0) is 9.47 Å². The predicted molar refractivity (Wildman–Crippen MR) is 108 cm³/mol. The quantitative estimate of drug-likeness (QED) is 0.351. The zero-order valence-corrected chi connectivity index (χ0v) is 17.0. The molecule has 0 spiro atoms. The molecule has 0 aliphatic carbocycles. The summed E-state index contributed by atoms with van der Waals surface area (Å²) >= 11 is 0. The number of hydrogen-bond acceptors (Lipinski definition) is 4. The molecule has 2 aliphatic rings. The Morgan fingerprint density at radius 2 is 1.81 bits per heavy atom. The third-order valence-electron chi connectivity index (χ3n) is 5.68. The summed E-state index contributed by atoms with van der Waals surface area (Å²) in [5.41, 5.74) is 0. The summed E-state index contributed by atoms with van der Waals surface area (Å²) in [6.07, 6.45) is 7.22. The van der Waals surface area contributed by atoms with Crippen molar-refractivity contribution < 1.29 is 9.47 Å². The van der Waals surface area contributed by atoms with Crippen LogP contribution in [-0.4, -0.2) is 77.1 Å². The zero-order chi connectivity index (χ0) is 18.5. The second-order valence-electron chi connectivity index (χ2n) is 7.58. The van der Waals surface area contributed by atoms with Crippen LogP contribution in [0.5, 0.6) is 0 Å². The van der Waals surface area contributed by atoms with Crippen molar-refractivity contribution in [2.24, 2.45) is 16.8 Å². The number of aliphatic imine (C=N–C) groups is 1. The SMILES string of the molecule is CCN1CCC(CCNC(=NC)NCCCOCC2CCOCC2)CC1. The molecule has 2 rings (SSSR count). The highest BCUT2D eigenvalue weighted by atomic mass is 16.5. The first-order valence-corrected chi connectivity index (χ1v) is 10.6. The molecule has 2 fully saturated rings. The van der Waals surface area contributed by atoms with Gasteiger partial charge in [-0.3, -0.25) is 4.99 Å². The van der Waals surface area contributed by atoms with Crippen LogP contribution < -0.4 is 10.6 Å². The number of hydrogen-bond donors (Lipinski definition) is 2. The highest BCUT2D eigenvalue weighted by molar-refractivity contribution is 5.79. The molecule has 0 aromatic rings. The number of ether oxygens (including phenoxy) is 2. The van der Waals surface area contributed by atoms with E-state index in [1.54, 1.807) is 0 Å². The fraction of sp³-hybridized carbons (Fsp3) is 0.950. The van der Waals surface area contributed by atoms with Gasteiger partial charge in [0.2, 0.25) is 0 Å². The van der Waals surface area contributed by atoms with Crippen molar-refractivity contribution in [3.63, 3.8) is 0 Å². The molecule has 26 heavy (non-hydrogen) atoms. The van der Waals surface area contributed by atoms with Crippen molar-refractivity contribution in [1.29, 1.82) is 0 Å². The van der Waals surface area contributed by atoms with E-state index in [0.717, 1.165) is 70.7 Å². The minimum atomic E-state index is 0.690. The number of rotatable bonds is 10. The molecule has 0 aromatic carbocycles. The number of piperidine rings is 1. The Hall–Kier alpha value is -0.850. The summed E-state index contributed by atoms with van der Waals surface area (Å²) in [5.74, 6) is 2.47. The maximum Gasteiger partial charge on any atom is 0.190 e. The zero-order valence-electron chi connectivity index (χ0n) is 17.0. The Morgan fingerprint density at radius 1 is 1.08 bits per heavy atom. The molecule has 2 saturated heterocycles. The Labute approximate surface area is 160 Å². The largest absolute Gasteiger partial charge is 0.381 e. The Bertz CT molecular complexity index is 378. The Morgan fingerprint density at radius 3 is 2.50 bits per heavy atom. The van der Waals surface area contributed by atoms with E-state index in [9.17, 15) is 0 Å². The second kappa shape index (κ2) is 13.3. The average molecular weight is 369 g/mol. The van der Waals surface area contributed by atoms with E-state index in [0.29, 0.717) is 5.92 Å². The van der Waals surface area contributed by atoms with Gasteiger partial charge in [0.15, 0.2) is 5.96 Å². The average Bonchev–Trinajstić information content (AvgIpc) is 2.70. The lowest BCUT2D eigenvalue weighted by Gasteiger charge is -2.31. The van der Waals surface area contributed by atoms with Gasteiger partial charge in [0, 0.05) is 46.6 Å². The molecule has 0 saturated carbocycles. The fourth-order valence-corrected chi connectivity index (χ4v) is 3.75. The van der Waals surface area contributed by atoms with Crippen LogP contribution in [0.1, 0.15) is 45.4 Å². The van der Waals surface area contributed by atoms with Crippen LogP contribution in [0.2, 0.25) is 0 Å². The number of nitrogens with zero attached hydrogens (tertiary/aromatic N) is 2. The third kappa shape index (κ3) is 8.69. The highest BCUT2D eigenvalue weighted by Gasteiger charge is 2.17. The second-order valence-corrected chi connectivity index (χ2v) is 7.58. The maximum absolute atomic E-state index is 5.81. The lowest BCUT2D eigenvalue weighted by Crippen LogP contribution is -2.40. The van der Waals surface area contributed by atoms with Gasteiger partial charge in [0.05, 0.1) is 0 Å². The fourth-order valence-electron chi connectivity index (χ4n) is 3.75.